The molecule has 0 spiro atoms. The average molecular weight is 468 g/mol. The molecule has 0 aromatic heterocycles. The molecule has 0 heterocycles. The Hall–Kier alpha value is -3.84. The van der Waals surface area contributed by atoms with Gasteiger partial charge in [-0.25, -0.2) is 4.79 Å². The van der Waals surface area contributed by atoms with E-state index in [2.05, 4.69) is 10.1 Å². The summed E-state index contributed by atoms with van der Waals surface area (Å²) in [6, 6.07) is 14.0. The topological polar surface area (TPSA) is 102 Å². The van der Waals surface area contributed by atoms with Crippen molar-refractivity contribution in [1.29, 1.82) is 0 Å². The van der Waals surface area contributed by atoms with Crippen LogP contribution in [0, 0.1) is 13.8 Å². The lowest BCUT2D eigenvalue weighted by atomic mass is 10.0. The van der Waals surface area contributed by atoms with Crippen LogP contribution in [0.15, 0.2) is 54.6 Å². The van der Waals surface area contributed by atoms with Crippen LogP contribution < -0.4 is 10.1 Å². The number of ether oxygens (including phenoxy) is 2. The molecule has 0 saturated heterocycles. The zero-order valence-corrected chi connectivity index (χ0v) is 19.0. The van der Waals surface area contributed by atoms with Gasteiger partial charge in [0.25, 0.3) is 0 Å². The van der Waals surface area contributed by atoms with Crippen molar-refractivity contribution in [1.82, 2.24) is 0 Å². The van der Waals surface area contributed by atoms with Crippen LogP contribution >= 0.6 is 11.6 Å². The molecule has 0 saturated carbocycles. The van der Waals surface area contributed by atoms with Crippen molar-refractivity contribution < 1.29 is 29.0 Å². The summed E-state index contributed by atoms with van der Waals surface area (Å²) < 4.78 is 10.7. The predicted molar refractivity (Wildman–Crippen MR) is 124 cm³/mol. The minimum absolute atomic E-state index is 0.0865. The number of phenols is 1. The molecule has 1 amide bonds. The molecule has 0 atom stereocenters. The number of benzene rings is 3. The van der Waals surface area contributed by atoms with Crippen LogP contribution in [0.4, 0.5) is 5.69 Å². The fourth-order valence-electron chi connectivity index (χ4n) is 3.20. The Morgan fingerprint density at radius 1 is 0.970 bits per heavy atom. The highest BCUT2D eigenvalue weighted by Gasteiger charge is 2.18. The number of rotatable bonds is 6. The summed E-state index contributed by atoms with van der Waals surface area (Å²) >= 11 is 5.88. The second kappa shape index (κ2) is 10.2. The minimum Gasteiger partial charge on any atom is -0.507 e. The third kappa shape index (κ3) is 5.70. The number of hydrogen-bond acceptors (Lipinski definition) is 6. The lowest BCUT2D eigenvalue weighted by molar-refractivity contribution is -0.152. The maximum Gasteiger partial charge on any atom is 0.397 e. The maximum absolute atomic E-state index is 12.8. The quantitative estimate of drug-likeness (QED) is 0.294. The first kappa shape index (κ1) is 23.8. The van der Waals surface area contributed by atoms with Gasteiger partial charge in [-0.3, -0.25) is 9.59 Å². The fourth-order valence-corrected chi connectivity index (χ4v) is 3.32. The van der Waals surface area contributed by atoms with Crippen molar-refractivity contribution in [2.75, 3.05) is 11.9 Å². The van der Waals surface area contributed by atoms with Crippen LogP contribution in [-0.2, 0) is 14.3 Å². The van der Waals surface area contributed by atoms with Crippen molar-refractivity contribution in [3.63, 3.8) is 0 Å². The van der Waals surface area contributed by atoms with Crippen LogP contribution in [0.1, 0.15) is 34.0 Å². The summed E-state index contributed by atoms with van der Waals surface area (Å²) in [5, 5.41) is 13.2. The summed E-state index contributed by atoms with van der Waals surface area (Å²) in [5.74, 6) is -1.52. The number of carbonyl (C=O) groups excluding carboxylic acids is 3. The number of ketones is 1. The summed E-state index contributed by atoms with van der Waals surface area (Å²) in [7, 11) is 0. The predicted octanol–water partition coefficient (Wildman–Crippen LogP) is 5.19. The molecular formula is C25H22ClNO6. The Morgan fingerprint density at radius 2 is 1.61 bits per heavy atom. The molecule has 0 bridgehead atoms. The van der Waals surface area contributed by atoms with Gasteiger partial charge in [0.1, 0.15) is 17.2 Å². The van der Waals surface area contributed by atoms with Crippen molar-refractivity contribution in [3.05, 3.63) is 81.9 Å². The van der Waals surface area contributed by atoms with Gasteiger partial charge in [-0.15, -0.1) is 0 Å². The second-order valence-corrected chi connectivity index (χ2v) is 7.67. The summed E-state index contributed by atoms with van der Waals surface area (Å²) in [6.07, 6.45) is 0. The highest BCUT2D eigenvalue weighted by molar-refractivity contribution is 6.37. The van der Waals surface area contributed by atoms with Crippen molar-refractivity contribution in [3.8, 4) is 17.2 Å². The number of esters is 1. The van der Waals surface area contributed by atoms with E-state index in [-0.39, 0.29) is 23.7 Å². The van der Waals surface area contributed by atoms with E-state index in [9.17, 15) is 19.5 Å². The molecule has 170 valence electrons. The number of anilines is 1. The Kier molecular flexibility index (Phi) is 7.35. The highest BCUT2D eigenvalue weighted by atomic mass is 35.5. The van der Waals surface area contributed by atoms with Crippen molar-refractivity contribution >= 4 is 34.9 Å². The molecule has 3 aromatic carbocycles. The van der Waals surface area contributed by atoms with E-state index < -0.39 is 11.9 Å². The molecule has 3 rings (SSSR count). The van der Waals surface area contributed by atoms with Crippen LogP contribution in [0.3, 0.4) is 0 Å². The maximum atomic E-state index is 12.8. The zero-order valence-electron chi connectivity index (χ0n) is 18.3. The van der Waals surface area contributed by atoms with Gasteiger partial charge < -0.3 is 19.9 Å². The lowest BCUT2D eigenvalue weighted by Crippen LogP contribution is -2.25. The molecule has 8 heteroatoms. The van der Waals surface area contributed by atoms with Gasteiger partial charge in [0.15, 0.2) is 5.78 Å². The number of amides is 1. The molecule has 0 unspecified atom stereocenters. The van der Waals surface area contributed by atoms with Gasteiger partial charge in [0.05, 0.1) is 12.2 Å². The largest absolute Gasteiger partial charge is 0.507 e. The molecule has 0 radical (unpaired) electrons. The average Bonchev–Trinajstić information content (AvgIpc) is 2.77. The van der Waals surface area contributed by atoms with Gasteiger partial charge >= 0.3 is 11.9 Å². The van der Waals surface area contributed by atoms with Crippen LogP contribution in [0.5, 0.6) is 17.2 Å². The first-order valence-corrected chi connectivity index (χ1v) is 10.5. The monoisotopic (exact) mass is 467 g/mol. The summed E-state index contributed by atoms with van der Waals surface area (Å²) in [6.45, 7) is 5.28. The third-order valence-electron chi connectivity index (χ3n) is 4.72. The van der Waals surface area contributed by atoms with Gasteiger partial charge in [0, 0.05) is 16.3 Å². The number of aryl methyl sites for hydroxylation is 2. The normalized spacial score (nSPS) is 10.4. The number of phenolic OH excluding ortho intramolecular Hbond substituents is 1. The second-order valence-electron chi connectivity index (χ2n) is 7.23. The molecule has 33 heavy (non-hydrogen) atoms. The fraction of sp³-hybridized carbons (Fsp3) is 0.160. The molecule has 3 aromatic rings. The smallest absolute Gasteiger partial charge is 0.397 e. The molecule has 0 aliphatic carbocycles. The Balaban J connectivity index is 1.84. The number of halogens is 1. The van der Waals surface area contributed by atoms with E-state index in [1.165, 1.54) is 12.1 Å². The molecular weight excluding hydrogens is 446 g/mol. The summed E-state index contributed by atoms with van der Waals surface area (Å²) in [5.41, 5.74) is 2.25. The van der Waals surface area contributed by atoms with E-state index in [0.29, 0.717) is 38.9 Å². The first-order chi connectivity index (χ1) is 15.7. The molecule has 7 nitrogen and oxygen atoms in total. The van der Waals surface area contributed by atoms with E-state index in [1.807, 2.05) is 0 Å². The van der Waals surface area contributed by atoms with E-state index in [1.54, 1.807) is 63.2 Å². The number of hydrogen-bond donors (Lipinski definition) is 2. The van der Waals surface area contributed by atoms with Gasteiger partial charge in [-0.05, 0) is 86.5 Å². The van der Waals surface area contributed by atoms with Crippen LogP contribution in [0.2, 0.25) is 5.02 Å². The van der Waals surface area contributed by atoms with Crippen molar-refractivity contribution in [2.45, 2.75) is 20.8 Å². The lowest BCUT2D eigenvalue weighted by Gasteiger charge is -2.15. The number of nitrogens with one attached hydrogen (secondary N) is 1. The molecule has 0 aliphatic heterocycles. The Bertz CT molecular complexity index is 1200. The van der Waals surface area contributed by atoms with Gasteiger partial charge in [0.2, 0.25) is 0 Å². The SMILES string of the molecule is CCOC(=O)C(=O)Nc1cc(C)c(Oc2ccc(O)c(C(=O)c3ccc(Cl)cc3)c2)c(C)c1. The summed E-state index contributed by atoms with van der Waals surface area (Å²) in [4.78, 5) is 36.3. The molecule has 0 aliphatic rings. The van der Waals surface area contributed by atoms with E-state index in [0.717, 1.165) is 0 Å². The first-order valence-electron chi connectivity index (χ1n) is 10.1. The van der Waals surface area contributed by atoms with Crippen LogP contribution in [0.25, 0.3) is 0 Å². The van der Waals surface area contributed by atoms with E-state index >= 15 is 0 Å². The van der Waals surface area contributed by atoms with Crippen molar-refractivity contribution in [2.24, 2.45) is 0 Å². The van der Waals surface area contributed by atoms with Gasteiger partial charge in [-0.2, -0.15) is 0 Å². The number of aromatic hydroxyl groups is 1. The van der Waals surface area contributed by atoms with Crippen LogP contribution in [-0.4, -0.2) is 29.4 Å². The zero-order chi connectivity index (χ0) is 24.1. The Labute approximate surface area is 195 Å². The highest BCUT2D eigenvalue weighted by Crippen LogP contribution is 2.34. The number of carbonyl (C=O) groups is 3. The van der Waals surface area contributed by atoms with E-state index in [4.69, 9.17) is 16.3 Å². The Morgan fingerprint density at radius 3 is 2.21 bits per heavy atom. The third-order valence-corrected chi connectivity index (χ3v) is 4.97. The molecule has 2 N–H and O–H groups in total. The standard InChI is InChI=1S/C25H22ClNO6/c1-4-32-25(31)24(30)27-18-11-14(2)23(15(3)12-18)33-19-9-10-21(28)20(13-19)22(29)16-5-7-17(26)8-6-16/h5-13,28H,4H2,1-3H3,(H,27,30). The molecule has 0 fully saturated rings. The minimum atomic E-state index is -0.963. The van der Waals surface area contributed by atoms with Gasteiger partial charge in [-0.1, -0.05) is 11.6 Å².